The third-order valence-electron chi connectivity index (χ3n) is 5.15. The maximum absolute atomic E-state index is 12.8. The van der Waals surface area contributed by atoms with Crippen molar-refractivity contribution in [1.82, 2.24) is 0 Å². The Kier molecular flexibility index (Phi) is 5.87. The van der Waals surface area contributed by atoms with Crippen LogP contribution in [0.1, 0.15) is 48.9 Å². The second-order valence-electron chi connectivity index (χ2n) is 6.88. The van der Waals surface area contributed by atoms with E-state index >= 15 is 0 Å². The summed E-state index contributed by atoms with van der Waals surface area (Å²) in [5.74, 6) is 1.10. The number of hydrogen-bond acceptors (Lipinski definition) is 3. The average Bonchev–Trinajstić information content (AvgIpc) is 2.65. The Labute approximate surface area is 149 Å². The molecular weight excluding hydrogens is 312 g/mol. The van der Waals surface area contributed by atoms with Crippen LogP contribution in [0, 0.1) is 5.92 Å². The molecule has 0 heterocycles. The van der Waals surface area contributed by atoms with Gasteiger partial charge in [-0.05, 0) is 48.9 Å². The molecule has 0 aromatic heterocycles. The number of carbonyl (C=O) groups excluding carboxylic acids is 1. The zero-order valence-electron chi connectivity index (χ0n) is 14.8. The van der Waals surface area contributed by atoms with Crippen molar-refractivity contribution in [2.45, 2.75) is 44.6 Å². The molecule has 3 rings (SSSR count). The van der Waals surface area contributed by atoms with Gasteiger partial charge in [-0.2, -0.15) is 0 Å². The number of carbonyl (C=O) groups is 1. The molecule has 2 atom stereocenters. The van der Waals surface area contributed by atoms with Crippen LogP contribution in [0.5, 0.6) is 5.75 Å². The molecule has 0 amide bonds. The van der Waals surface area contributed by atoms with Gasteiger partial charge in [0.1, 0.15) is 5.75 Å². The number of benzene rings is 2. The fraction of sp³-hybridized carbons (Fsp3) is 0.409. The third-order valence-corrected chi connectivity index (χ3v) is 5.15. The molecule has 1 aliphatic rings. The molecule has 2 unspecified atom stereocenters. The van der Waals surface area contributed by atoms with Gasteiger partial charge in [0.2, 0.25) is 0 Å². The summed E-state index contributed by atoms with van der Waals surface area (Å²) in [7, 11) is 1.66. The van der Waals surface area contributed by atoms with Crippen molar-refractivity contribution >= 4 is 5.78 Å². The van der Waals surface area contributed by atoms with E-state index in [0.717, 1.165) is 61.0 Å². The number of ketones is 1. The van der Waals surface area contributed by atoms with Gasteiger partial charge < -0.3 is 9.84 Å². The Morgan fingerprint density at radius 1 is 0.880 bits per heavy atom. The highest BCUT2D eigenvalue weighted by Gasteiger charge is 2.22. The number of ether oxygens (including phenoxy) is 1. The molecule has 0 spiro atoms. The summed E-state index contributed by atoms with van der Waals surface area (Å²) in [5, 5.41) is 9.86. The van der Waals surface area contributed by atoms with Gasteiger partial charge in [0, 0.05) is 11.5 Å². The van der Waals surface area contributed by atoms with Crippen molar-refractivity contribution in [3.8, 4) is 16.9 Å². The van der Waals surface area contributed by atoms with E-state index in [2.05, 4.69) is 0 Å². The molecule has 1 saturated carbocycles. The zero-order chi connectivity index (χ0) is 17.6. The Morgan fingerprint density at radius 2 is 1.48 bits per heavy atom. The van der Waals surface area contributed by atoms with E-state index in [9.17, 15) is 9.90 Å². The highest BCUT2D eigenvalue weighted by Crippen LogP contribution is 2.27. The predicted molar refractivity (Wildman–Crippen MR) is 100.0 cm³/mol. The van der Waals surface area contributed by atoms with Crippen molar-refractivity contribution in [3.63, 3.8) is 0 Å². The number of rotatable bonds is 4. The lowest BCUT2D eigenvalue weighted by Crippen LogP contribution is -2.20. The van der Waals surface area contributed by atoms with Crippen LogP contribution in [0.15, 0.2) is 48.5 Å². The van der Waals surface area contributed by atoms with E-state index in [1.54, 1.807) is 7.11 Å². The van der Waals surface area contributed by atoms with Gasteiger partial charge >= 0.3 is 0 Å². The minimum Gasteiger partial charge on any atom is -0.497 e. The summed E-state index contributed by atoms with van der Waals surface area (Å²) in [6, 6.07) is 15.8. The van der Waals surface area contributed by atoms with Gasteiger partial charge in [-0.25, -0.2) is 0 Å². The first-order chi connectivity index (χ1) is 12.2. The van der Waals surface area contributed by atoms with Crippen molar-refractivity contribution in [3.05, 3.63) is 54.1 Å². The van der Waals surface area contributed by atoms with Gasteiger partial charge in [0.05, 0.1) is 13.2 Å². The van der Waals surface area contributed by atoms with E-state index in [1.807, 2.05) is 48.5 Å². The van der Waals surface area contributed by atoms with E-state index < -0.39 is 0 Å². The first-order valence-corrected chi connectivity index (χ1v) is 9.14. The van der Waals surface area contributed by atoms with Crippen molar-refractivity contribution < 1.29 is 14.6 Å². The molecule has 0 radical (unpaired) electrons. The van der Waals surface area contributed by atoms with Crippen LogP contribution < -0.4 is 4.74 Å². The number of methoxy groups -OCH3 is 1. The lowest BCUT2D eigenvalue weighted by atomic mass is 9.84. The summed E-state index contributed by atoms with van der Waals surface area (Å²) in [6.07, 6.45) is 5.14. The fourth-order valence-electron chi connectivity index (χ4n) is 3.56. The van der Waals surface area contributed by atoms with Crippen LogP contribution in [0.4, 0.5) is 0 Å². The summed E-state index contributed by atoms with van der Waals surface area (Å²) in [5.41, 5.74) is 2.97. The normalized spacial score (nSPS) is 21.2. The first kappa shape index (κ1) is 17.7. The van der Waals surface area contributed by atoms with Gasteiger partial charge in [-0.15, -0.1) is 0 Å². The Hall–Kier alpha value is -2.13. The summed E-state index contributed by atoms with van der Waals surface area (Å²) in [6.45, 7) is 0. The average molecular weight is 338 g/mol. The third kappa shape index (κ3) is 4.49. The molecule has 0 bridgehead atoms. The van der Waals surface area contributed by atoms with E-state index in [-0.39, 0.29) is 17.8 Å². The molecule has 1 fully saturated rings. The van der Waals surface area contributed by atoms with Crippen LogP contribution in [0.3, 0.4) is 0 Å². The topological polar surface area (TPSA) is 46.5 Å². The van der Waals surface area contributed by atoms with E-state index in [1.165, 1.54) is 0 Å². The van der Waals surface area contributed by atoms with E-state index in [0.29, 0.717) is 0 Å². The Balaban J connectivity index is 1.71. The largest absolute Gasteiger partial charge is 0.497 e. The zero-order valence-corrected chi connectivity index (χ0v) is 14.8. The fourth-order valence-corrected chi connectivity index (χ4v) is 3.56. The minimum absolute atomic E-state index is 0.0433. The maximum atomic E-state index is 12.8. The van der Waals surface area contributed by atoms with Gasteiger partial charge in [-0.1, -0.05) is 49.2 Å². The van der Waals surface area contributed by atoms with Crippen LogP contribution in [0.25, 0.3) is 11.1 Å². The van der Waals surface area contributed by atoms with Crippen LogP contribution >= 0.6 is 0 Å². The van der Waals surface area contributed by atoms with Crippen molar-refractivity contribution in [2.24, 2.45) is 5.92 Å². The lowest BCUT2D eigenvalue weighted by Gasteiger charge is -2.21. The Morgan fingerprint density at radius 3 is 2.12 bits per heavy atom. The molecule has 3 heteroatoms. The summed E-state index contributed by atoms with van der Waals surface area (Å²) >= 11 is 0. The highest BCUT2D eigenvalue weighted by molar-refractivity contribution is 5.98. The smallest absolute Gasteiger partial charge is 0.165 e. The van der Waals surface area contributed by atoms with Crippen LogP contribution in [-0.4, -0.2) is 24.1 Å². The number of Topliss-reactive ketones (excluding diaryl/α,β-unsaturated/α-hetero) is 1. The molecule has 1 aliphatic carbocycles. The van der Waals surface area contributed by atoms with Gasteiger partial charge in [0.25, 0.3) is 0 Å². The standard InChI is InChI=1S/C22H26O3/c1-25-21-14-11-17(12-15-21)16-6-8-19(9-7-16)22(24)18-4-2-3-5-20(23)13-10-18/h6-9,11-12,14-15,18,20,23H,2-5,10,13H2,1H3. The first-order valence-electron chi connectivity index (χ1n) is 9.14. The van der Waals surface area contributed by atoms with Gasteiger partial charge in [-0.3, -0.25) is 4.79 Å². The lowest BCUT2D eigenvalue weighted by molar-refractivity contribution is 0.0851. The Bertz CT molecular complexity index is 688. The molecule has 1 N–H and O–H groups in total. The predicted octanol–water partition coefficient (Wildman–Crippen LogP) is 4.88. The second kappa shape index (κ2) is 8.30. The number of hydrogen-bond donors (Lipinski definition) is 1. The molecule has 2 aromatic carbocycles. The van der Waals surface area contributed by atoms with Crippen LogP contribution in [0.2, 0.25) is 0 Å². The molecule has 0 aliphatic heterocycles. The monoisotopic (exact) mass is 338 g/mol. The molecule has 0 saturated heterocycles. The molecule has 132 valence electrons. The van der Waals surface area contributed by atoms with Crippen molar-refractivity contribution in [2.75, 3.05) is 7.11 Å². The maximum Gasteiger partial charge on any atom is 0.165 e. The number of aliphatic hydroxyl groups excluding tert-OH is 1. The van der Waals surface area contributed by atoms with Crippen LogP contribution in [-0.2, 0) is 0 Å². The molecular formula is C22H26O3. The minimum atomic E-state index is -0.243. The summed E-state index contributed by atoms with van der Waals surface area (Å²) in [4.78, 5) is 12.8. The SMILES string of the molecule is COc1ccc(-c2ccc(C(=O)C3CCCCC(O)CC3)cc2)cc1. The number of aliphatic hydroxyl groups is 1. The molecule has 25 heavy (non-hydrogen) atoms. The summed E-state index contributed by atoms with van der Waals surface area (Å²) < 4.78 is 5.19. The second-order valence-corrected chi connectivity index (χ2v) is 6.88. The molecule has 2 aromatic rings. The highest BCUT2D eigenvalue weighted by atomic mass is 16.5. The van der Waals surface area contributed by atoms with Gasteiger partial charge in [0.15, 0.2) is 5.78 Å². The quantitative estimate of drug-likeness (QED) is 0.809. The van der Waals surface area contributed by atoms with Crippen molar-refractivity contribution in [1.29, 1.82) is 0 Å². The van der Waals surface area contributed by atoms with E-state index in [4.69, 9.17) is 4.74 Å². The molecule has 3 nitrogen and oxygen atoms in total.